The summed E-state index contributed by atoms with van der Waals surface area (Å²) in [6.45, 7) is 8.78. The molecule has 182 valence electrons. The van der Waals surface area contributed by atoms with Gasteiger partial charge in [0.15, 0.2) is 0 Å². The van der Waals surface area contributed by atoms with Crippen LogP contribution in [0.3, 0.4) is 0 Å². The fourth-order valence-electron chi connectivity index (χ4n) is 5.39. The first-order valence-corrected chi connectivity index (χ1v) is 13.8. The number of nitrogens with one attached hydrogen (secondary N) is 1. The van der Waals surface area contributed by atoms with Gasteiger partial charge in [0.25, 0.3) is 0 Å². The van der Waals surface area contributed by atoms with Gasteiger partial charge in [-0.05, 0) is 63.7 Å². The van der Waals surface area contributed by atoms with E-state index >= 15 is 0 Å². The van der Waals surface area contributed by atoms with Crippen molar-refractivity contribution in [2.24, 2.45) is 10.9 Å². The number of benzene rings is 3. The summed E-state index contributed by atoms with van der Waals surface area (Å²) in [6.07, 6.45) is 4.77. The van der Waals surface area contributed by atoms with Gasteiger partial charge in [-0.2, -0.15) is 0 Å². The molecular weight excluding hydrogens is 472 g/mol. The molecular formula is C32H28N4S. The number of thiophene rings is 1. The Hall–Kier alpha value is -3.83. The second kappa shape index (κ2) is 8.35. The molecule has 0 spiro atoms. The van der Waals surface area contributed by atoms with Crippen LogP contribution in [0.5, 0.6) is 0 Å². The predicted octanol–water partition coefficient (Wildman–Crippen LogP) is 9.07. The van der Waals surface area contributed by atoms with Crippen molar-refractivity contribution in [1.29, 1.82) is 0 Å². The number of hydrogen-bond donors (Lipinski definition) is 1. The Morgan fingerprint density at radius 3 is 2.49 bits per heavy atom. The molecule has 6 aromatic rings. The fraction of sp³-hybridized carbons (Fsp3) is 0.219. The number of aromatic nitrogens is 3. The lowest BCUT2D eigenvalue weighted by molar-refractivity contribution is 0.795. The first kappa shape index (κ1) is 22.4. The van der Waals surface area contributed by atoms with Crippen LogP contribution in [0.4, 0.5) is 5.69 Å². The third-order valence-electron chi connectivity index (χ3n) is 7.49. The highest BCUT2D eigenvalue weighted by atomic mass is 32.1. The molecule has 0 fully saturated rings. The average Bonchev–Trinajstić information content (AvgIpc) is 3.66. The van der Waals surface area contributed by atoms with Gasteiger partial charge in [-0.25, -0.2) is 4.98 Å². The van der Waals surface area contributed by atoms with Crippen LogP contribution < -0.4 is 0 Å². The molecule has 0 amide bonds. The van der Waals surface area contributed by atoms with E-state index in [4.69, 9.17) is 9.98 Å². The average molecular weight is 501 g/mol. The molecule has 3 aromatic heterocycles. The molecule has 0 atom stereocenters. The molecule has 4 nitrogen and oxygen atoms in total. The molecule has 0 radical (unpaired) electrons. The smallest absolute Gasteiger partial charge is 0.109 e. The van der Waals surface area contributed by atoms with Gasteiger partial charge in [0.05, 0.1) is 28.0 Å². The van der Waals surface area contributed by atoms with Crippen LogP contribution in [0.15, 0.2) is 72.0 Å². The number of imidazole rings is 1. The van der Waals surface area contributed by atoms with Gasteiger partial charge in [-0.15, -0.1) is 11.3 Å². The Kier molecular flexibility index (Phi) is 5.05. The number of pyridine rings is 1. The lowest BCUT2D eigenvalue weighted by atomic mass is 9.92. The van der Waals surface area contributed by atoms with Gasteiger partial charge in [-0.3, -0.25) is 9.98 Å². The maximum atomic E-state index is 5.05. The Balaban J connectivity index is 1.34. The van der Waals surface area contributed by atoms with Gasteiger partial charge >= 0.3 is 0 Å². The second-order valence-corrected chi connectivity index (χ2v) is 11.7. The molecule has 7 rings (SSSR count). The monoisotopic (exact) mass is 500 g/mol. The van der Waals surface area contributed by atoms with Crippen molar-refractivity contribution in [2.75, 3.05) is 0 Å². The number of fused-ring (bicyclic) bond motifs is 7. The van der Waals surface area contributed by atoms with Crippen LogP contribution in [0.25, 0.3) is 53.5 Å². The summed E-state index contributed by atoms with van der Waals surface area (Å²) in [6, 6.07) is 20.1. The van der Waals surface area contributed by atoms with Gasteiger partial charge < -0.3 is 4.98 Å². The summed E-state index contributed by atoms with van der Waals surface area (Å²) in [5.74, 6) is 1.86. The summed E-state index contributed by atoms with van der Waals surface area (Å²) < 4.78 is 1.28. The highest BCUT2D eigenvalue weighted by molar-refractivity contribution is 7.22. The van der Waals surface area contributed by atoms with E-state index in [0.29, 0.717) is 11.8 Å². The standard InChI is InChI=1S/C32H28N4S/c1-17(2)26-15-25-22-10-9-19(12-24(22)30-23(31(25)35-26)6-5-11-33-30)20-7-8-21-14-29(37-28(21)13-20)27-16-34-32(36-27)18(3)4/h5-14,16-18H,15H2,1-4H3,(H,34,36). The molecule has 0 bridgehead atoms. The third-order valence-corrected chi connectivity index (χ3v) is 8.62. The maximum Gasteiger partial charge on any atom is 0.109 e. The zero-order valence-electron chi connectivity index (χ0n) is 21.5. The van der Waals surface area contributed by atoms with Gasteiger partial charge in [0, 0.05) is 39.7 Å². The minimum Gasteiger partial charge on any atom is -0.341 e. The molecule has 0 unspecified atom stereocenters. The van der Waals surface area contributed by atoms with Crippen LogP contribution in [0, 0.1) is 5.92 Å². The van der Waals surface area contributed by atoms with E-state index in [1.807, 2.05) is 29.8 Å². The first-order chi connectivity index (χ1) is 18.0. The number of nitrogens with zero attached hydrogens (tertiary/aromatic N) is 3. The molecule has 0 saturated carbocycles. The van der Waals surface area contributed by atoms with E-state index in [2.05, 4.69) is 86.2 Å². The van der Waals surface area contributed by atoms with E-state index in [-0.39, 0.29) is 0 Å². The quantitative estimate of drug-likeness (QED) is 0.245. The SMILES string of the molecule is CC(C)C1=Nc2c(c3ccc(-c4ccc5cc(-c6cnc(C(C)C)[nH]6)sc5c4)cc3c3ncccc23)C1. The maximum absolute atomic E-state index is 5.05. The highest BCUT2D eigenvalue weighted by Gasteiger charge is 2.23. The topological polar surface area (TPSA) is 53.9 Å². The third kappa shape index (κ3) is 3.60. The van der Waals surface area contributed by atoms with Crippen LogP contribution in [0.2, 0.25) is 0 Å². The van der Waals surface area contributed by atoms with Crippen molar-refractivity contribution in [3.63, 3.8) is 0 Å². The number of H-pyrrole nitrogens is 1. The fourth-order valence-corrected chi connectivity index (χ4v) is 6.45. The number of hydrogen-bond acceptors (Lipinski definition) is 4. The number of aliphatic imine (C=N–C) groups is 1. The Morgan fingerprint density at radius 1 is 0.838 bits per heavy atom. The molecule has 0 aliphatic carbocycles. The van der Waals surface area contributed by atoms with Gasteiger partial charge in [0.1, 0.15) is 5.82 Å². The second-order valence-electron chi connectivity index (χ2n) is 10.6. The normalized spacial score (nSPS) is 13.4. The minimum atomic E-state index is 0.387. The lowest BCUT2D eigenvalue weighted by Gasteiger charge is -2.12. The molecule has 1 aliphatic rings. The molecule has 1 aliphatic heterocycles. The largest absolute Gasteiger partial charge is 0.341 e. The van der Waals surface area contributed by atoms with Crippen molar-refractivity contribution in [2.45, 2.75) is 40.0 Å². The van der Waals surface area contributed by atoms with Crippen LogP contribution >= 0.6 is 11.3 Å². The summed E-state index contributed by atoms with van der Waals surface area (Å²) in [5, 5.41) is 4.88. The van der Waals surface area contributed by atoms with E-state index in [0.717, 1.165) is 34.5 Å². The first-order valence-electron chi connectivity index (χ1n) is 13.0. The van der Waals surface area contributed by atoms with Crippen molar-refractivity contribution < 1.29 is 0 Å². The summed E-state index contributed by atoms with van der Waals surface area (Å²) in [5.41, 5.74) is 8.26. The summed E-state index contributed by atoms with van der Waals surface area (Å²) in [7, 11) is 0. The zero-order chi connectivity index (χ0) is 25.3. The van der Waals surface area contributed by atoms with E-state index in [1.54, 1.807) is 0 Å². The van der Waals surface area contributed by atoms with Crippen molar-refractivity contribution in [1.82, 2.24) is 15.0 Å². The molecule has 0 saturated heterocycles. The van der Waals surface area contributed by atoms with Gasteiger partial charge in [-0.1, -0.05) is 52.0 Å². The van der Waals surface area contributed by atoms with Crippen LogP contribution in [0.1, 0.15) is 45.0 Å². The van der Waals surface area contributed by atoms with Crippen molar-refractivity contribution in [3.8, 4) is 21.7 Å². The highest BCUT2D eigenvalue weighted by Crippen LogP contribution is 2.43. The molecule has 3 aromatic carbocycles. The minimum absolute atomic E-state index is 0.387. The van der Waals surface area contributed by atoms with Crippen LogP contribution in [-0.4, -0.2) is 20.7 Å². The summed E-state index contributed by atoms with van der Waals surface area (Å²) >= 11 is 1.81. The molecule has 4 heterocycles. The number of aromatic amines is 1. The van der Waals surface area contributed by atoms with E-state index in [9.17, 15) is 0 Å². The number of rotatable bonds is 4. The van der Waals surface area contributed by atoms with Crippen LogP contribution in [-0.2, 0) is 6.42 Å². The Labute approximate surface area is 220 Å². The predicted molar refractivity (Wildman–Crippen MR) is 157 cm³/mol. The summed E-state index contributed by atoms with van der Waals surface area (Å²) in [4.78, 5) is 19.1. The van der Waals surface area contributed by atoms with Crippen molar-refractivity contribution in [3.05, 3.63) is 78.4 Å². The van der Waals surface area contributed by atoms with E-state index < -0.39 is 0 Å². The molecule has 37 heavy (non-hydrogen) atoms. The lowest BCUT2D eigenvalue weighted by Crippen LogP contribution is -2.06. The zero-order valence-corrected chi connectivity index (χ0v) is 22.3. The van der Waals surface area contributed by atoms with E-state index in [1.165, 1.54) is 48.1 Å². The molecule has 5 heteroatoms. The molecule has 1 N–H and O–H groups in total. The Bertz CT molecular complexity index is 1870. The van der Waals surface area contributed by atoms with Crippen molar-refractivity contribution >= 4 is 54.5 Å². The Morgan fingerprint density at radius 2 is 1.68 bits per heavy atom. The van der Waals surface area contributed by atoms with Gasteiger partial charge in [0.2, 0.25) is 0 Å².